The van der Waals surface area contributed by atoms with E-state index in [2.05, 4.69) is 5.11 Å². The Hall–Kier alpha value is -1.58. The van der Waals surface area contributed by atoms with Crippen LogP contribution in [0.2, 0.25) is 0 Å². The summed E-state index contributed by atoms with van der Waals surface area (Å²) in [6, 6.07) is 2.45. The van der Waals surface area contributed by atoms with Gasteiger partial charge in [-0.3, -0.25) is 4.79 Å². The maximum Gasteiger partial charge on any atom is 0.152 e. The molecule has 1 aromatic rings. The van der Waals surface area contributed by atoms with Gasteiger partial charge in [0.05, 0.1) is 5.69 Å². The van der Waals surface area contributed by atoms with Gasteiger partial charge in [0, 0.05) is 11.6 Å². The highest BCUT2D eigenvalue weighted by molar-refractivity contribution is 5.83. The Kier molecular flexibility index (Phi) is 2.28. The predicted molar refractivity (Wildman–Crippen MR) is 41.3 cm³/mol. The summed E-state index contributed by atoms with van der Waals surface area (Å²) in [5.74, 6) is -0.452. The van der Waals surface area contributed by atoms with Crippen molar-refractivity contribution in [1.29, 1.82) is 5.53 Å². The van der Waals surface area contributed by atoms with Crippen LogP contribution in [0, 0.1) is 18.3 Å². The highest BCUT2D eigenvalue weighted by atomic mass is 19.1. The van der Waals surface area contributed by atoms with Crippen molar-refractivity contribution in [1.82, 2.24) is 0 Å². The Labute approximate surface area is 68.7 Å². The van der Waals surface area contributed by atoms with Crippen molar-refractivity contribution in [2.24, 2.45) is 5.11 Å². The number of hydrogen-bond acceptors (Lipinski definition) is 3. The van der Waals surface area contributed by atoms with E-state index < -0.39 is 5.82 Å². The lowest BCUT2D eigenvalue weighted by molar-refractivity contribution is 0.112. The second-order valence-electron chi connectivity index (χ2n) is 2.39. The van der Waals surface area contributed by atoms with Gasteiger partial charge in [0.25, 0.3) is 0 Å². The molecule has 0 saturated heterocycles. The van der Waals surface area contributed by atoms with Crippen LogP contribution in [0.5, 0.6) is 0 Å². The standard InChI is InChI=1S/C8H7FN2O/c1-5-2-6(4-12)8(11-10)3-7(5)9/h2-4,10H,1H3. The van der Waals surface area contributed by atoms with Gasteiger partial charge in [-0.15, -0.1) is 0 Å². The average Bonchev–Trinajstić information content (AvgIpc) is 2.09. The molecule has 0 radical (unpaired) electrons. The molecule has 0 aliphatic rings. The van der Waals surface area contributed by atoms with E-state index in [9.17, 15) is 9.18 Å². The summed E-state index contributed by atoms with van der Waals surface area (Å²) in [6.45, 7) is 1.55. The number of aryl methyl sites for hydroxylation is 1. The molecular formula is C8H7FN2O. The van der Waals surface area contributed by atoms with Crippen molar-refractivity contribution in [3.63, 3.8) is 0 Å². The number of nitrogens with zero attached hydrogens (tertiary/aromatic N) is 1. The number of hydrogen-bond donors (Lipinski definition) is 1. The minimum atomic E-state index is -0.452. The SMILES string of the molecule is Cc1cc(C=O)c(N=N)cc1F. The molecule has 0 unspecified atom stereocenters. The van der Waals surface area contributed by atoms with Crippen molar-refractivity contribution >= 4 is 12.0 Å². The second-order valence-corrected chi connectivity index (χ2v) is 2.39. The minimum Gasteiger partial charge on any atom is -0.298 e. The number of benzene rings is 1. The molecule has 0 atom stereocenters. The lowest BCUT2D eigenvalue weighted by Gasteiger charge is -1.99. The van der Waals surface area contributed by atoms with E-state index in [1.54, 1.807) is 6.92 Å². The normalized spacial score (nSPS) is 9.50. The van der Waals surface area contributed by atoms with Crippen molar-refractivity contribution in [2.75, 3.05) is 0 Å². The fraction of sp³-hybridized carbons (Fsp3) is 0.125. The zero-order valence-corrected chi connectivity index (χ0v) is 6.47. The quantitative estimate of drug-likeness (QED) is 0.532. The van der Waals surface area contributed by atoms with Crippen LogP contribution in [0.15, 0.2) is 17.2 Å². The summed E-state index contributed by atoms with van der Waals surface area (Å²) < 4.78 is 12.8. The van der Waals surface area contributed by atoms with Gasteiger partial charge in [-0.2, -0.15) is 5.11 Å². The maximum absolute atomic E-state index is 12.8. The molecule has 1 aromatic carbocycles. The van der Waals surface area contributed by atoms with Gasteiger partial charge in [0.2, 0.25) is 0 Å². The number of carbonyl (C=O) groups excluding carboxylic acids is 1. The summed E-state index contributed by atoms with van der Waals surface area (Å²) >= 11 is 0. The number of aldehydes is 1. The van der Waals surface area contributed by atoms with Gasteiger partial charge in [-0.1, -0.05) is 0 Å². The molecule has 0 fully saturated rings. The van der Waals surface area contributed by atoms with E-state index >= 15 is 0 Å². The molecule has 4 heteroatoms. The van der Waals surface area contributed by atoms with E-state index in [-0.39, 0.29) is 11.3 Å². The van der Waals surface area contributed by atoms with Crippen LogP contribution < -0.4 is 0 Å². The summed E-state index contributed by atoms with van der Waals surface area (Å²) in [5, 5.41) is 3.02. The van der Waals surface area contributed by atoms with Crippen LogP contribution in [0.3, 0.4) is 0 Å². The smallest absolute Gasteiger partial charge is 0.152 e. The van der Waals surface area contributed by atoms with Crippen molar-refractivity contribution in [3.05, 3.63) is 29.1 Å². The van der Waals surface area contributed by atoms with Crippen LogP contribution in [-0.4, -0.2) is 6.29 Å². The molecule has 0 spiro atoms. The van der Waals surface area contributed by atoms with Gasteiger partial charge in [-0.25, -0.2) is 9.92 Å². The molecule has 0 saturated carbocycles. The fourth-order valence-corrected chi connectivity index (χ4v) is 0.885. The first-order chi connectivity index (χ1) is 5.69. The van der Waals surface area contributed by atoms with Gasteiger partial charge >= 0.3 is 0 Å². The van der Waals surface area contributed by atoms with Crippen LogP contribution in [-0.2, 0) is 0 Å². The number of nitrogens with one attached hydrogen (secondary N) is 1. The molecule has 0 aliphatic carbocycles. The van der Waals surface area contributed by atoms with Crippen molar-refractivity contribution in [2.45, 2.75) is 6.92 Å². The largest absolute Gasteiger partial charge is 0.298 e. The lowest BCUT2D eigenvalue weighted by atomic mass is 10.1. The third-order valence-electron chi connectivity index (χ3n) is 1.56. The monoisotopic (exact) mass is 166 g/mol. The van der Waals surface area contributed by atoms with Crippen LogP contribution in [0.25, 0.3) is 0 Å². The van der Waals surface area contributed by atoms with Gasteiger partial charge < -0.3 is 0 Å². The summed E-state index contributed by atoms with van der Waals surface area (Å²) in [5.41, 5.74) is 7.34. The van der Waals surface area contributed by atoms with Crippen molar-refractivity contribution < 1.29 is 9.18 Å². The molecule has 3 nitrogen and oxygen atoms in total. The zero-order valence-electron chi connectivity index (χ0n) is 6.47. The van der Waals surface area contributed by atoms with E-state index in [4.69, 9.17) is 5.53 Å². The first-order valence-electron chi connectivity index (χ1n) is 3.32. The lowest BCUT2D eigenvalue weighted by Crippen LogP contribution is -1.87. The maximum atomic E-state index is 12.8. The van der Waals surface area contributed by atoms with Crippen LogP contribution in [0.1, 0.15) is 15.9 Å². The Morgan fingerprint density at radius 1 is 1.58 bits per heavy atom. The van der Waals surface area contributed by atoms with E-state index in [1.807, 2.05) is 0 Å². The van der Waals surface area contributed by atoms with E-state index in [1.165, 1.54) is 6.07 Å². The average molecular weight is 166 g/mol. The summed E-state index contributed by atoms with van der Waals surface area (Å²) in [4.78, 5) is 10.4. The van der Waals surface area contributed by atoms with Gasteiger partial charge in [-0.05, 0) is 18.6 Å². The molecule has 0 aliphatic heterocycles. The fourth-order valence-electron chi connectivity index (χ4n) is 0.885. The first-order valence-corrected chi connectivity index (χ1v) is 3.32. The molecule has 1 rings (SSSR count). The van der Waals surface area contributed by atoms with E-state index in [0.29, 0.717) is 11.8 Å². The van der Waals surface area contributed by atoms with Crippen LogP contribution in [0.4, 0.5) is 10.1 Å². The predicted octanol–water partition coefficient (Wildman–Crippen LogP) is 2.61. The Balaban J connectivity index is 3.37. The molecule has 0 aromatic heterocycles. The van der Waals surface area contributed by atoms with Crippen LogP contribution >= 0.6 is 0 Å². The molecule has 0 amide bonds. The first kappa shape index (κ1) is 8.52. The third kappa shape index (κ3) is 1.37. The molecular weight excluding hydrogens is 159 g/mol. The number of halogens is 1. The Bertz CT molecular complexity index is 303. The van der Waals surface area contributed by atoms with Gasteiger partial charge in [0.15, 0.2) is 6.29 Å². The topological polar surface area (TPSA) is 53.3 Å². The van der Waals surface area contributed by atoms with Crippen molar-refractivity contribution in [3.8, 4) is 0 Å². The summed E-state index contributed by atoms with van der Waals surface area (Å²) in [6.07, 6.45) is 0.555. The highest BCUT2D eigenvalue weighted by Gasteiger charge is 2.05. The second kappa shape index (κ2) is 3.21. The highest BCUT2D eigenvalue weighted by Crippen LogP contribution is 2.21. The summed E-state index contributed by atoms with van der Waals surface area (Å²) in [7, 11) is 0. The number of carbonyl (C=O) groups is 1. The molecule has 1 N–H and O–H groups in total. The third-order valence-corrected chi connectivity index (χ3v) is 1.56. The van der Waals surface area contributed by atoms with Gasteiger partial charge in [0.1, 0.15) is 5.82 Å². The Morgan fingerprint density at radius 3 is 2.75 bits per heavy atom. The molecule has 0 bridgehead atoms. The molecule has 0 heterocycles. The zero-order chi connectivity index (χ0) is 9.14. The van der Waals surface area contributed by atoms with E-state index in [0.717, 1.165) is 6.07 Å². The minimum absolute atomic E-state index is 0.0631. The number of rotatable bonds is 2. The molecule has 62 valence electrons. The Morgan fingerprint density at radius 2 is 2.25 bits per heavy atom. The molecule has 12 heavy (non-hydrogen) atoms.